The quantitative estimate of drug-likeness (QED) is 0.390. The Morgan fingerprint density at radius 3 is 2.57 bits per heavy atom. The Hall–Kier alpha value is -3.04. The van der Waals surface area contributed by atoms with Crippen molar-refractivity contribution in [2.75, 3.05) is 7.11 Å². The normalized spacial score (nSPS) is 14.3. The Morgan fingerprint density at radius 2 is 1.90 bits per heavy atom. The zero-order chi connectivity index (χ0) is 21.1. The summed E-state index contributed by atoms with van der Waals surface area (Å²) >= 11 is 1.31. The highest BCUT2D eigenvalue weighted by Crippen LogP contribution is 2.43. The van der Waals surface area contributed by atoms with E-state index in [9.17, 15) is 4.79 Å². The predicted octanol–water partition coefficient (Wildman–Crippen LogP) is 6.27. The number of carbonyl (C=O) groups is 1. The average molecular weight is 421 g/mol. The highest BCUT2D eigenvalue weighted by molar-refractivity contribution is 7.21. The van der Waals surface area contributed by atoms with Gasteiger partial charge in [0.05, 0.1) is 7.11 Å². The van der Waals surface area contributed by atoms with E-state index in [4.69, 9.17) is 14.7 Å². The van der Waals surface area contributed by atoms with Crippen LogP contribution >= 0.6 is 11.3 Å². The van der Waals surface area contributed by atoms with E-state index in [1.165, 1.54) is 49.0 Å². The van der Waals surface area contributed by atoms with Crippen molar-refractivity contribution < 1.29 is 14.3 Å². The Bertz CT molecular complexity index is 1110. The van der Waals surface area contributed by atoms with Gasteiger partial charge in [-0.05, 0) is 61.1 Å². The first-order valence-corrected chi connectivity index (χ1v) is 11.0. The summed E-state index contributed by atoms with van der Waals surface area (Å²) in [5.41, 5.74) is 2.32. The molecule has 0 saturated heterocycles. The number of hydrogen-bond acceptors (Lipinski definition) is 5. The molecule has 154 valence electrons. The standard InChI is InChI=1S/C24H24N2O3S/c1-15-12-21-19(13-20(15)28-2)22(23(30-21)24(27)26-14-25)29-18-10-8-17(9-11-18)16-6-4-3-5-7-16/h8-13,16H,3-7H2,1-2H3,(H,26,27). The highest BCUT2D eigenvalue weighted by Gasteiger charge is 2.22. The van der Waals surface area contributed by atoms with Gasteiger partial charge in [-0.1, -0.05) is 31.4 Å². The number of nitrogens with one attached hydrogen (secondary N) is 1. The number of methoxy groups -OCH3 is 1. The first-order chi connectivity index (χ1) is 14.6. The second kappa shape index (κ2) is 8.76. The summed E-state index contributed by atoms with van der Waals surface area (Å²) in [7, 11) is 1.62. The van der Waals surface area contributed by atoms with E-state index in [2.05, 4.69) is 17.4 Å². The van der Waals surface area contributed by atoms with Gasteiger partial charge in [-0.2, -0.15) is 5.26 Å². The van der Waals surface area contributed by atoms with Gasteiger partial charge in [-0.3, -0.25) is 10.1 Å². The second-order valence-corrected chi connectivity index (χ2v) is 8.70. The molecule has 3 aromatic rings. The molecule has 1 fully saturated rings. The summed E-state index contributed by atoms with van der Waals surface area (Å²) in [6, 6.07) is 12.0. The van der Waals surface area contributed by atoms with Crippen molar-refractivity contribution in [1.29, 1.82) is 5.26 Å². The molecular weight excluding hydrogens is 396 g/mol. The highest BCUT2D eigenvalue weighted by atomic mass is 32.1. The van der Waals surface area contributed by atoms with E-state index < -0.39 is 5.91 Å². The van der Waals surface area contributed by atoms with Gasteiger partial charge in [-0.15, -0.1) is 11.3 Å². The second-order valence-electron chi connectivity index (χ2n) is 7.65. The van der Waals surface area contributed by atoms with Crippen LogP contribution in [0.3, 0.4) is 0 Å². The van der Waals surface area contributed by atoms with Crippen molar-refractivity contribution in [3.05, 3.63) is 52.4 Å². The van der Waals surface area contributed by atoms with E-state index in [1.807, 2.05) is 31.2 Å². The summed E-state index contributed by atoms with van der Waals surface area (Å²) in [4.78, 5) is 12.9. The van der Waals surface area contributed by atoms with E-state index in [0.717, 1.165) is 21.4 Å². The lowest BCUT2D eigenvalue weighted by Gasteiger charge is -2.22. The van der Waals surface area contributed by atoms with Gasteiger partial charge < -0.3 is 9.47 Å². The fraction of sp³-hybridized carbons (Fsp3) is 0.333. The van der Waals surface area contributed by atoms with Crippen LogP contribution in [0.15, 0.2) is 36.4 Å². The lowest BCUT2D eigenvalue weighted by Crippen LogP contribution is -2.16. The number of hydrogen-bond donors (Lipinski definition) is 1. The number of rotatable bonds is 5. The van der Waals surface area contributed by atoms with Crippen LogP contribution in [0.5, 0.6) is 17.2 Å². The first kappa shape index (κ1) is 20.2. The molecule has 2 aromatic carbocycles. The lowest BCUT2D eigenvalue weighted by molar-refractivity contribution is 0.0975. The minimum atomic E-state index is -0.468. The molecule has 1 saturated carbocycles. The lowest BCUT2D eigenvalue weighted by atomic mass is 9.84. The number of fused-ring (bicyclic) bond motifs is 1. The monoisotopic (exact) mass is 420 g/mol. The van der Waals surface area contributed by atoms with Crippen molar-refractivity contribution in [3.8, 4) is 23.4 Å². The maximum Gasteiger partial charge on any atom is 0.278 e. The number of aryl methyl sites for hydroxylation is 1. The maximum absolute atomic E-state index is 12.5. The van der Waals surface area contributed by atoms with Crippen molar-refractivity contribution in [2.24, 2.45) is 0 Å². The SMILES string of the molecule is COc1cc2c(Oc3ccc(C4CCCCC4)cc3)c(C(=O)NC#N)sc2cc1C. The fourth-order valence-electron chi connectivity index (χ4n) is 4.14. The number of nitrogens with zero attached hydrogens (tertiary/aromatic N) is 1. The largest absolute Gasteiger partial charge is 0.496 e. The number of nitriles is 1. The third-order valence-electron chi connectivity index (χ3n) is 5.71. The van der Waals surface area contributed by atoms with Gasteiger partial charge in [0.25, 0.3) is 5.91 Å². The molecule has 0 unspecified atom stereocenters. The van der Waals surface area contributed by atoms with E-state index >= 15 is 0 Å². The molecule has 1 aliphatic carbocycles. The molecule has 0 aliphatic heterocycles. The minimum Gasteiger partial charge on any atom is -0.496 e. The van der Waals surface area contributed by atoms with Crippen molar-refractivity contribution in [2.45, 2.75) is 44.9 Å². The van der Waals surface area contributed by atoms with Crippen molar-refractivity contribution in [1.82, 2.24) is 5.32 Å². The molecule has 0 radical (unpaired) electrons. The van der Waals surface area contributed by atoms with Gasteiger partial charge in [0.2, 0.25) is 0 Å². The molecular formula is C24H24N2O3S. The molecule has 6 heteroatoms. The number of benzene rings is 2. The van der Waals surface area contributed by atoms with Crippen LogP contribution in [0.25, 0.3) is 10.1 Å². The number of carbonyl (C=O) groups excluding carboxylic acids is 1. The van der Waals surface area contributed by atoms with E-state index in [-0.39, 0.29) is 0 Å². The van der Waals surface area contributed by atoms with Crippen LogP contribution in [0.4, 0.5) is 0 Å². The summed E-state index contributed by atoms with van der Waals surface area (Å²) < 4.78 is 12.6. The molecule has 1 aliphatic rings. The molecule has 1 heterocycles. The van der Waals surface area contributed by atoms with Crippen molar-refractivity contribution >= 4 is 27.3 Å². The van der Waals surface area contributed by atoms with Crippen LogP contribution in [0, 0.1) is 18.4 Å². The van der Waals surface area contributed by atoms with Crippen molar-refractivity contribution in [3.63, 3.8) is 0 Å². The van der Waals surface area contributed by atoms with Gasteiger partial charge >= 0.3 is 0 Å². The molecule has 1 amide bonds. The van der Waals surface area contributed by atoms with Crippen LogP contribution in [-0.2, 0) is 0 Å². The van der Waals surface area contributed by atoms with Crippen LogP contribution in [-0.4, -0.2) is 13.0 Å². The minimum absolute atomic E-state index is 0.371. The van der Waals surface area contributed by atoms with Gasteiger partial charge in [-0.25, -0.2) is 0 Å². The predicted molar refractivity (Wildman–Crippen MR) is 119 cm³/mol. The van der Waals surface area contributed by atoms with Crippen LogP contribution in [0.1, 0.15) is 58.8 Å². The maximum atomic E-state index is 12.5. The van der Waals surface area contributed by atoms with Gasteiger partial charge in [0.1, 0.15) is 16.4 Å². The van der Waals surface area contributed by atoms with E-state index in [0.29, 0.717) is 22.3 Å². The van der Waals surface area contributed by atoms with Gasteiger partial charge in [0.15, 0.2) is 11.9 Å². The first-order valence-electron chi connectivity index (χ1n) is 10.2. The molecule has 0 atom stereocenters. The van der Waals surface area contributed by atoms with Crippen LogP contribution < -0.4 is 14.8 Å². The number of thiophene rings is 1. The average Bonchev–Trinajstić information content (AvgIpc) is 3.11. The Balaban J connectivity index is 1.70. The molecule has 1 aromatic heterocycles. The molecule has 1 N–H and O–H groups in total. The zero-order valence-electron chi connectivity index (χ0n) is 17.2. The van der Waals surface area contributed by atoms with Crippen LogP contribution in [0.2, 0.25) is 0 Å². The Morgan fingerprint density at radius 1 is 1.17 bits per heavy atom. The molecule has 4 rings (SSSR count). The molecule has 0 spiro atoms. The molecule has 5 nitrogen and oxygen atoms in total. The summed E-state index contributed by atoms with van der Waals surface area (Å²) in [6.45, 7) is 1.96. The molecule has 30 heavy (non-hydrogen) atoms. The van der Waals surface area contributed by atoms with E-state index in [1.54, 1.807) is 13.3 Å². The zero-order valence-corrected chi connectivity index (χ0v) is 18.0. The summed E-state index contributed by atoms with van der Waals surface area (Å²) in [5.74, 6) is 2.00. The Labute approximate surface area is 180 Å². The van der Waals surface area contributed by atoms with Gasteiger partial charge in [0, 0.05) is 10.1 Å². The smallest absolute Gasteiger partial charge is 0.278 e. The fourth-order valence-corrected chi connectivity index (χ4v) is 5.25. The third-order valence-corrected chi connectivity index (χ3v) is 6.84. The topological polar surface area (TPSA) is 71.3 Å². The summed E-state index contributed by atoms with van der Waals surface area (Å²) in [6.07, 6.45) is 8.11. The molecule has 0 bridgehead atoms. The number of ether oxygens (including phenoxy) is 2. The third kappa shape index (κ3) is 3.99. The summed E-state index contributed by atoms with van der Waals surface area (Å²) in [5, 5.41) is 11.9. The Kier molecular flexibility index (Phi) is 5.91. The number of amides is 1.